The molecule has 7 nitrogen and oxygen atoms in total. The highest BCUT2D eigenvalue weighted by Crippen LogP contribution is 2.51. The highest BCUT2D eigenvalue weighted by molar-refractivity contribution is 8.07. The largest absolute Gasteiger partial charge is 0.488 e. The quantitative estimate of drug-likeness (QED) is 0.600. The molecule has 0 saturated heterocycles. The highest BCUT2D eigenvalue weighted by Gasteiger charge is 2.27. The van der Waals surface area contributed by atoms with Gasteiger partial charge >= 0.3 is 12.3 Å². The molecule has 1 unspecified atom stereocenters. The minimum absolute atomic E-state index is 0.0113. The fraction of sp³-hybridized carbons (Fsp3) is 0.412. The van der Waals surface area contributed by atoms with Crippen molar-refractivity contribution in [1.82, 2.24) is 9.78 Å². The molecule has 1 aromatic carbocycles. The Morgan fingerprint density at radius 3 is 2.54 bits per heavy atom. The molecule has 142 valence electrons. The van der Waals surface area contributed by atoms with E-state index in [1.807, 2.05) is 44.2 Å². The molecule has 1 atom stereocenters. The Hall–Kier alpha value is -1.73. The third-order valence-electron chi connectivity index (χ3n) is 3.18. The van der Waals surface area contributed by atoms with Crippen molar-refractivity contribution >= 4 is 18.5 Å². The molecular weight excluding hydrogens is 375 g/mol. The number of hydrogen-bond acceptors (Lipinski definition) is 7. The fourth-order valence-corrected chi connectivity index (χ4v) is 4.63. The van der Waals surface area contributed by atoms with E-state index in [4.69, 9.17) is 30.1 Å². The van der Waals surface area contributed by atoms with E-state index in [0.29, 0.717) is 13.2 Å². The Labute approximate surface area is 158 Å². The summed E-state index contributed by atoms with van der Waals surface area (Å²) in [6.07, 6.45) is 1.21. The van der Waals surface area contributed by atoms with Gasteiger partial charge < -0.3 is 9.26 Å². The molecule has 1 aromatic heterocycles. The number of ether oxygens (including phenoxy) is 1. The number of rotatable bonds is 9. The standard InChI is InChI=1S/C17H23N2O5PS/c1-5-22-25(26,23-13(2)3)24-15-11-18-19(17(20)16(15)21-4)12-14-9-7-6-8-10-14/h6-11,13H,5,12H2,1-4H3. The lowest BCUT2D eigenvalue weighted by atomic mass is 10.2. The van der Waals surface area contributed by atoms with Crippen LogP contribution in [0.3, 0.4) is 0 Å². The van der Waals surface area contributed by atoms with Crippen LogP contribution in [0.15, 0.2) is 41.3 Å². The molecule has 0 aliphatic carbocycles. The van der Waals surface area contributed by atoms with Gasteiger partial charge in [-0.15, -0.1) is 0 Å². The third-order valence-corrected chi connectivity index (χ3v) is 5.66. The Bertz CT molecular complexity index is 826. The smallest absolute Gasteiger partial charge is 0.381 e. The summed E-state index contributed by atoms with van der Waals surface area (Å²) in [5.41, 5.74) is 0.525. The molecule has 2 aromatic rings. The van der Waals surface area contributed by atoms with Crippen molar-refractivity contribution in [2.45, 2.75) is 33.4 Å². The van der Waals surface area contributed by atoms with Gasteiger partial charge in [-0.3, -0.25) is 13.8 Å². The highest BCUT2D eigenvalue weighted by atomic mass is 32.5. The number of benzene rings is 1. The van der Waals surface area contributed by atoms with Crippen LogP contribution in [0.2, 0.25) is 0 Å². The fourth-order valence-electron chi connectivity index (χ4n) is 2.19. The first-order valence-electron chi connectivity index (χ1n) is 8.19. The van der Waals surface area contributed by atoms with E-state index >= 15 is 0 Å². The van der Waals surface area contributed by atoms with E-state index in [2.05, 4.69) is 5.10 Å². The molecule has 0 fully saturated rings. The topological polar surface area (TPSA) is 71.8 Å². The van der Waals surface area contributed by atoms with Crippen molar-refractivity contribution in [2.24, 2.45) is 0 Å². The van der Waals surface area contributed by atoms with Gasteiger partial charge in [0.1, 0.15) is 0 Å². The van der Waals surface area contributed by atoms with Crippen molar-refractivity contribution in [3.63, 3.8) is 0 Å². The lowest BCUT2D eigenvalue weighted by molar-refractivity contribution is 0.169. The first kappa shape index (κ1) is 20.6. The molecular formula is C17H23N2O5PS. The molecule has 0 bridgehead atoms. The van der Waals surface area contributed by atoms with Crippen molar-refractivity contribution in [2.75, 3.05) is 13.7 Å². The maximum atomic E-state index is 12.7. The van der Waals surface area contributed by atoms with Gasteiger partial charge in [-0.25, -0.2) is 4.68 Å². The summed E-state index contributed by atoms with van der Waals surface area (Å²) >= 11 is 5.40. The maximum Gasteiger partial charge on any atom is 0.381 e. The molecule has 26 heavy (non-hydrogen) atoms. The maximum absolute atomic E-state index is 12.7. The summed E-state index contributed by atoms with van der Waals surface area (Å²) in [7, 11) is 1.39. The molecule has 0 radical (unpaired) electrons. The van der Waals surface area contributed by atoms with Gasteiger partial charge in [0.05, 0.1) is 32.6 Å². The molecule has 9 heteroatoms. The van der Waals surface area contributed by atoms with Gasteiger partial charge in [0.15, 0.2) is 5.75 Å². The minimum Gasteiger partial charge on any atom is -0.488 e. The normalized spacial score (nSPS) is 13.4. The minimum atomic E-state index is -3.07. The predicted molar refractivity (Wildman–Crippen MR) is 103 cm³/mol. The lowest BCUT2D eigenvalue weighted by Crippen LogP contribution is -2.25. The van der Waals surface area contributed by atoms with E-state index in [0.717, 1.165) is 5.56 Å². The summed E-state index contributed by atoms with van der Waals surface area (Å²) in [4.78, 5) is 12.7. The van der Waals surface area contributed by atoms with Gasteiger partial charge in [-0.05, 0) is 26.3 Å². The van der Waals surface area contributed by atoms with Crippen LogP contribution in [0.4, 0.5) is 0 Å². The SMILES string of the molecule is CCOP(=S)(Oc1cnn(Cc2ccccc2)c(=O)c1OC)OC(C)C. The van der Waals surface area contributed by atoms with Crippen molar-refractivity contribution in [1.29, 1.82) is 0 Å². The van der Waals surface area contributed by atoms with Crippen molar-refractivity contribution in [3.05, 3.63) is 52.4 Å². The Kier molecular flexibility index (Phi) is 7.34. The molecule has 2 rings (SSSR count). The van der Waals surface area contributed by atoms with E-state index in [1.165, 1.54) is 18.0 Å². The van der Waals surface area contributed by atoms with Crippen LogP contribution in [0.25, 0.3) is 0 Å². The molecule has 0 N–H and O–H groups in total. The first-order chi connectivity index (χ1) is 12.4. The summed E-state index contributed by atoms with van der Waals surface area (Å²) in [6.45, 7) is 3.02. The zero-order chi connectivity index (χ0) is 19.2. The molecule has 0 spiro atoms. The zero-order valence-corrected chi connectivity index (χ0v) is 17.0. The van der Waals surface area contributed by atoms with Gasteiger partial charge in [-0.1, -0.05) is 30.3 Å². The lowest BCUT2D eigenvalue weighted by Gasteiger charge is -2.24. The second-order valence-corrected chi connectivity index (χ2v) is 8.49. The van der Waals surface area contributed by atoms with Gasteiger partial charge in [0.25, 0.3) is 0 Å². The summed E-state index contributed by atoms with van der Waals surface area (Å²) in [5.74, 6) is 0.122. The monoisotopic (exact) mass is 398 g/mol. The zero-order valence-electron chi connectivity index (χ0n) is 15.2. The number of nitrogens with zero attached hydrogens (tertiary/aromatic N) is 2. The second-order valence-electron chi connectivity index (χ2n) is 5.60. The van der Waals surface area contributed by atoms with Crippen LogP contribution >= 0.6 is 6.72 Å². The Morgan fingerprint density at radius 1 is 1.27 bits per heavy atom. The van der Waals surface area contributed by atoms with Gasteiger partial charge in [0, 0.05) is 11.8 Å². The van der Waals surface area contributed by atoms with Crippen molar-refractivity contribution in [3.8, 4) is 11.5 Å². The first-order valence-corrected chi connectivity index (χ1v) is 10.7. The Balaban J connectivity index is 2.34. The summed E-state index contributed by atoms with van der Waals surface area (Å²) in [5, 5.41) is 4.17. The average molecular weight is 398 g/mol. The molecule has 0 aliphatic rings. The number of methoxy groups -OCH3 is 1. The van der Waals surface area contributed by atoms with Crippen LogP contribution in [-0.4, -0.2) is 29.6 Å². The predicted octanol–water partition coefficient (Wildman–Crippen LogP) is 3.37. The van der Waals surface area contributed by atoms with Crippen LogP contribution in [0.5, 0.6) is 11.5 Å². The van der Waals surface area contributed by atoms with Gasteiger partial charge in [0.2, 0.25) is 5.75 Å². The van der Waals surface area contributed by atoms with E-state index in [-0.39, 0.29) is 17.6 Å². The molecule has 1 heterocycles. The second kappa shape index (κ2) is 9.28. The van der Waals surface area contributed by atoms with E-state index in [9.17, 15) is 4.79 Å². The third kappa shape index (κ3) is 5.38. The van der Waals surface area contributed by atoms with Gasteiger partial charge in [-0.2, -0.15) is 5.10 Å². The molecule has 0 amide bonds. The van der Waals surface area contributed by atoms with Crippen LogP contribution in [0.1, 0.15) is 26.3 Å². The number of aromatic nitrogens is 2. The summed E-state index contributed by atoms with van der Waals surface area (Å²) in [6, 6.07) is 9.53. The van der Waals surface area contributed by atoms with Crippen LogP contribution < -0.4 is 14.8 Å². The van der Waals surface area contributed by atoms with Crippen molar-refractivity contribution < 1.29 is 18.3 Å². The number of hydrogen-bond donors (Lipinski definition) is 0. The summed E-state index contributed by atoms with van der Waals surface area (Å²) < 4.78 is 23.4. The Morgan fingerprint density at radius 2 is 1.96 bits per heavy atom. The van der Waals surface area contributed by atoms with Crippen LogP contribution in [0, 0.1) is 0 Å². The van der Waals surface area contributed by atoms with E-state index < -0.39 is 12.3 Å². The molecule has 0 aliphatic heterocycles. The van der Waals surface area contributed by atoms with E-state index in [1.54, 1.807) is 6.92 Å². The molecule has 0 saturated carbocycles. The average Bonchev–Trinajstić information content (AvgIpc) is 2.58. The van der Waals surface area contributed by atoms with Crippen LogP contribution in [-0.2, 0) is 27.4 Å².